The molecule has 0 heterocycles. The van der Waals surface area contributed by atoms with Gasteiger partial charge in [0.05, 0.1) is 18.6 Å². The summed E-state index contributed by atoms with van der Waals surface area (Å²) in [6.45, 7) is 4.74. The molecule has 22 heteroatoms. The molecule has 8 atom stereocenters. The molecule has 0 aliphatic heterocycles. The summed E-state index contributed by atoms with van der Waals surface area (Å²) in [5.41, 5.74) is 29.2. The summed E-state index contributed by atoms with van der Waals surface area (Å²) in [4.78, 5) is 110. The number of unbranched alkanes of at least 4 members (excludes halogenated alkanes) is 1. The molecule has 0 fully saturated rings. The fourth-order valence-corrected chi connectivity index (χ4v) is 6.45. The number of carbonyl (C=O) groups is 8. The first kappa shape index (κ1) is 54.5. The number of aliphatic imine (C=N–C) groups is 1. The molecular weight excluding hydrogens is 845 g/mol. The predicted octanol–water partition coefficient (Wildman–Crippen LogP) is -3.11. The number of amides is 7. The van der Waals surface area contributed by atoms with Crippen LogP contribution in [0.3, 0.4) is 0 Å². The van der Waals surface area contributed by atoms with Crippen molar-refractivity contribution in [2.75, 3.05) is 13.1 Å². The number of carboxylic acids is 1. The number of hydrogen-bond acceptors (Lipinski definition) is 12. The average Bonchev–Trinajstić information content (AvgIpc) is 3.24. The number of benzene rings is 2. The molecule has 65 heavy (non-hydrogen) atoms. The molecule has 0 aromatic heterocycles. The lowest BCUT2D eigenvalue weighted by molar-refractivity contribution is -0.143. The van der Waals surface area contributed by atoms with Crippen LogP contribution in [-0.4, -0.2) is 125 Å². The molecule has 0 radical (unpaired) electrons. The van der Waals surface area contributed by atoms with Crippen molar-refractivity contribution < 1.29 is 48.6 Å². The van der Waals surface area contributed by atoms with Crippen LogP contribution in [-0.2, 0) is 51.2 Å². The van der Waals surface area contributed by atoms with Crippen LogP contribution in [0.2, 0.25) is 0 Å². The zero-order valence-corrected chi connectivity index (χ0v) is 37.0. The van der Waals surface area contributed by atoms with E-state index < -0.39 is 108 Å². The van der Waals surface area contributed by atoms with E-state index in [9.17, 15) is 48.6 Å². The van der Waals surface area contributed by atoms with Crippen LogP contribution in [0, 0.1) is 5.92 Å². The van der Waals surface area contributed by atoms with Gasteiger partial charge in [-0.1, -0.05) is 80.9 Å². The highest BCUT2D eigenvalue weighted by Gasteiger charge is 2.36. The van der Waals surface area contributed by atoms with Crippen molar-refractivity contribution in [3.8, 4) is 0 Å². The van der Waals surface area contributed by atoms with Gasteiger partial charge in [0.2, 0.25) is 41.4 Å². The molecule has 0 unspecified atom stereocenters. The molecule has 2 aromatic carbocycles. The second kappa shape index (κ2) is 28.2. The van der Waals surface area contributed by atoms with E-state index in [1.54, 1.807) is 60.7 Å². The van der Waals surface area contributed by atoms with E-state index in [0.717, 1.165) is 0 Å². The monoisotopic (exact) mass is 911 g/mol. The lowest BCUT2D eigenvalue weighted by atomic mass is 10.0. The fraction of sp³-hybridized carbons (Fsp3) is 0.512. The Morgan fingerprint density at radius 3 is 1.52 bits per heavy atom. The van der Waals surface area contributed by atoms with Gasteiger partial charge in [-0.25, -0.2) is 4.79 Å². The molecule has 22 nitrogen and oxygen atoms in total. The number of guanidine groups is 1. The van der Waals surface area contributed by atoms with Crippen LogP contribution in [0.4, 0.5) is 0 Å². The van der Waals surface area contributed by atoms with Crippen molar-refractivity contribution in [1.82, 2.24) is 31.9 Å². The third kappa shape index (κ3) is 20.2. The summed E-state index contributed by atoms with van der Waals surface area (Å²) in [6.07, 6.45) is -0.955. The van der Waals surface area contributed by atoms with Crippen molar-refractivity contribution in [2.24, 2.45) is 39.6 Å². The van der Waals surface area contributed by atoms with E-state index in [4.69, 9.17) is 28.7 Å². The maximum atomic E-state index is 14.2. The van der Waals surface area contributed by atoms with Gasteiger partial charge in [-0.05, 0) is 56.2 Å². The second-order valence-electron chi connectivity index (χ2n) is 15.9. The second-order valence-corrected chi connectivity index (χ2v) is 15.9. The summed E-state index contributed by atoms with van der Waals surface area (Å²) in [5, 5.41) is 35.4. The zero-order chi connectivity index (χ0) is 48.6. The molecule has 0 aliphatic carbocycles. The van der Waals surface area contributed by atoms with Crippen LogP contribution < -0.4 is 60.6 Å². The van der Waals surface area contributed by atoms with E-state index in [1.807, 2.05) is 0 Å². The Bertz CT molecular complexity index is 1910. The number of rotatable bonds is 29. The Morgan fingerprint density at radius 1 is 0.585 bits per heavy atom. The highest BCUT2D eigenvalue weighted by Crippen LogP contribution is 2.11. The predicted molar refractivity (Wildman–Crippen MR) is 241 cm³/mol. The van der Waals surface area contributed by atoms with Crippen LogP contribution >= 0.6 is 0 Å². The lowest BCUT2D eigenvalue weighted by Gasteiger charge is -2.28. The van der Waals surface area contributed by atoms with E-state index in [1.165, 1.54) is 20.8 Å². The molecule has 0 saturated carbocycles. The first-order chi connectivity index (χ1) is 30.7. The van der Waals surface area contributed by atoms with Gasteiger partial charge >= 0.3 is 5.97 Å². The van der Waals surface area contributed by atoms with Crippen molar-refractivity contribution in [3.05, 3.63) is 71.8 Å². The van der Waals surface area contributed by atoms with Crippen molar-refractivity contribution in [2.45, 2.75) is 121 Å². The van der Waals surface area contributed by atoms with Crippen LogP contribution in [0.25, 0.3) is 0 Å². The molecular formula is C43H66N12O10. The molecule has 0 bridgehead atoms. The molecule has 7 amide bonds. The SMILES string of the molecule is CC(C)[C@H](NC(=O)[C@H](CC(N)=O)NC(=O)[C@H](CCCN=C(N)N)NC(=O)[C@H](Cc1ccccc1)NC(=O)[C@@H](NC(=O)[C@H](Cc1ccccc1)NC(=O)[C@@H](N)CCCCN)[C@@H](C)O)C(=O)O. The number of nitrogens with one attached hydrogen (secondary N) is 6. The maximum Gasteiger partial charge on any atom is 0.326 e. The zero-order valence-electron chi connectivity index (χ0n) is 37.0. The number of aliphatic carboxylic acids is 1. The maximum absolute atomic E-state index is 14.2. The molecule has 0 saturated heterocycles. The summed E-state index contributed by atoms with van der Waals surface area (Å²) in [6, 6.07) is 7.33. The third-order valence-corrected chi connectivity index (χ3v) is 10.0. The fourth-order valence-electron chi connectivity index (χ4n) is 6.45. The average molecular weight is 911 g/mol. The standard InChI is InChI=1S/C43H66N12O10/c1-24(2)34(42(64)65)54-40(62)32(23-33(46)57)52-37(59)29(18-12-20-49-43(47)48)50-38(60)30(21-26-13-6-4-7-14-26)53-41(63)35(25(3)56)55-39(61)31(22-27-15-8-5-9-16-27)51-36(58)28(45)17-10-11-19-44/h4-9,13-16,24-25,28-32,34-35,56H,10-12,17-23,44-45H2,1-3H3,(H2,46,57)(H,50,60)(H,51,58)(H,52,59)(H,53,63)(H,54,62)(H,55,61)(H,64,65)(H4,47,48,49)/t25-,28+,29+,30+,31+,32+,34+,35+/m1/s1. The quantitative estimate of drug-likeness (QED) is 0.0218. The van der Waals surface area contributed by atoms with Crippen LogP contribution in [0.5, 0.6) is 0 Å². The van der Waals surface area contributed by atoms with Gasteiger partial charge in [0.25, 0.3) is 0 Å². The molecule has 358 valence electrons. The van der Waals surface area contributed by atoms with Gasteiger partial charge in [-0.15, -0.1) is 0 Å². The summed E-state index contributed by atoms with van der Waals surface area (Å²) in [7, 11) is 0. The Labute approximate surface area is 378 Å². The molecule has 2 aromatic rings. The van der Waals surface area contributed by atoms with Crippen molar-refractivity contribution >= 4 is 53.3 Å². The first-order valence-electron chi connectivity index (χ1n) is 21.3. The highest BCUT2D eigenvalue weighted by atomic mass is 16.4. The number of nitrogens with zero attached hydrogens (tertiary/aromatic N) is 1. The smallest absolute Gasteiger partial charge is 0.326 e. The van der Waals surface area contributed by atoms with Crippen LogP contribution in [0.15, 0.2) is 65.7 Å². The van der Waals surface area contributed by atoms with Gasteiger partial charge in [-0.3, -0.25) is 38.6 Å². The Morgan fingerprint density at radius 2 is 1.05 bits per heavy atom. The van der Waals surface area contributed by atoms with Gasteiger partial charge in [0.1, 0.15) is 36.3 Å². The topological polar surface area (TPSA) is 392 Å². The van der Waals surface area contributed by atoms with Gasteiger partial charge < -0.3 is 70.8 Å². The van der Waals surface area contributed by atoms with Gasteiger partial charge in [0, 0.05) is 19.4 Å². The Hall–Kier alpha value is -6.65. The number of aliphatic hydroxyl groups is 1. The Balaban J connectivity index is 2.46. The van der Waals surface area contributed by atoms with Gasteiger partial charge in [-0.2, -0.15) is 0 Å². The number of carboxylic acid groups (broad SMARTS) is 1. The highest BCUT2D eigenvalue weighted by molar-refractivity contribution is 5.98. The van der Waals surface area contributed by atoms with E-state index in [-0.39, 0.29) is 38.2 Å². The summed E-state index contributed by atoms with van der Waals surface area (Å²) in [5.74, 6) is -8.57. The molecule has 0 spiro atoms. The van der Waals surface area contributed by atoms with Gasteiger partial charge in [0.15, 0.2) is 5.96 Å². The minimum Gasteiger partial charge on any atom is -0.480 e. The molecule has 0 aliphatic rings. The molecule has 18 N–H and O–H groups in total. The normalized spacial score (nSPS) is 14.7. The minimum absolute atomic E-state index is 0.00637. The van der Waals surface area contributed by atoms with Crippen molar-refractivity contribution in [3.63, 3.8) is 0 Å². The number of primary amides is 1. The summed E-state index contributed by atoms with van der Waals surface area (Å²) < 4.78 is 0. The minimum atomic E-state index is -1.67. The van der Waals surface area contributed by atoms with E-state index >= 15 is 0 Å². The van der Waals surface area contributed by atoms with Crippen LogP contribution in [0.1, 0.15) is 70.4 Å². The third-order valence-electron chi connectivity index (χ3n) is 10.0. The molecule has 2 rings (SSSR count). The largest absolute Gasteiger partial charge is 0.480 e. The first-order valence-corrected chi connectivity index (χ1v) is 21.3. The lowest BCUT2D eigenvalue weighted by Crippen LogP contribution is -2.62. The van der Waals surface area contributed by atoms with Crippen molar-refractivity contribution in [1.29, 1.82) is 0 Å². The number of hydrogen-bond donors (Lipinski definition) is 13. The number of nitrogens with two attached hydrogens (primary N) is 5. The summed E-state index contributed by atoms with van der Waals surface area (Å²) >= 11 is 0. The van der Waals surface area contributed by atoms with E-state index in [2.05, 4.69) is 36.9 Å². The van der Waals surface area contributed by atoms with E-state index in [0.29, 0.717) is 36.9 Å². The number of aliphatic hydroxyl groups excluding tert-OH is 1. The number of carbonyl (C=O) groups excluding carboxylic acids is 7. The Kier molecular flexibility index (Phi) is 23.6.